The topological polar surface area (TPSA) is 124 Å². The van der Waals surface area contributed by atoms with Crippen molar-refractivity contribution in [2.75, 3.05) is 18.5 Å². The van der Waals surface area contributed by atoms with E-state index in [1.807, 2.05) is 0 Å². The summed E-state index contributed by atoms with van der Waals surface area (Å²) in [7, 11) is 0. The van der Waals surface area contributed by atoms with E-state index >= 15 is 0 Å². The molecule has 0 radical (unpaired) electrons. The number of aliphatic hydroxyl groups excluding tert-OH is 1. The molecule has 112 valence electrons. The van der Waals surface area contributed by atoms with Gasteiger partial charge in [0.25, 0.3) is 11.8 Å². The van der Waals surface area contributed by atoms with E-state index in [0.717, 1.165) is 4.90 Å². The fourth-order valence-electron chi connectivity index (χ4n) is 2.12. The lowest BCUT2D eigenvalue weighted by Crippen LogP contribution is -2.34. The van der Waals surface area contributed by atoms with Crippen molar-refractivity contribution in [3.05, 3.63) is 36.0 Å². The number of carbonyl (C=O) groups excluding carboxylic acids is 2. The van der Waals surface area contributed by atoms with Gasteiger partial charge in [-0.25, -0.2) is 0 Å². The highest BCUT2D eigenvalue weighted by Crippen LogP contribution is 2.26. The number of H-pyrrole nitrogens is 1. The number of aromatic nitrogens is 4. The summed E-state index contributed by atoms with van der Waals surface area (Å²) in [6.07, 6.45) is 1.20. The molecule has 0 bridgehead atoms. The third-order valence-electron chi connectivity index (χ3n) is 3.12. The largest absolute Gasteiger partial charge is 0.395 e. The number of aliphatic hydroxyl groups is 1. The fourth-order valence-corrected chi connectivity index (χ4v) is 2.12. The summed E-state index contributed by atoms with van der Waals surface area (Å²) in [6.45, 7) is -0.316. The molecule has 9 nitrogen and oxygen atoms in total. The average molecular weight is 300 g/mol. The molecule has 0 saturated carbocycles. The van der Waals surface area contributed by atoms with Crippen LogP contribution in [0.3, 0.4) is 0 Å². The zero-order chi connectivity index (χ0) is 15.5. The van der Waals surface area contributed by atoms with Gasteiger partial charge in [0.15, 0.2) is 0 Å². The molecule has 0 spiro atoms. The number of imide groups is 1. The molecule has 1 aliphatic rings. The number of benzene rings is 1. The van der Waals surface area contributed by atoms with Crippen molar-refractivity contribution in [1.82, 2.24) is 25.5 Å². The van der Waals surface area contributed by atoms with Crippen LogP contribution in [0.1, 0.15) is 0 Å². The molecule has 2 aromatic rings. The number of β-amino-alcohol motifs (C(OH)–C–C–N with tert-alkyl or cyclic N) is 1. The van der Waals surface area contributed by atoms with Crippen LogP contribution in [0.15, 0.2) is 36.0 Å². The van der Waals surface area contributed by atoms with Crippen LogP contribution in [0, 0.1) is 0 Å². The van der Waals surface area contributed by atoms with E-state index < -0.39 is 11.8 Å². The van der Waals surface area contributed by atoms with Crippen molar-refractivity contribution in [2.45, 2.75) is 0 Å². The molecule has 2 amide bonds. The number of anilines is 1. The minimum absolute atomic E-state index is 0.0359. The van der Waals surface area contributed by atoms with Crippen molar-refractivity contribution < 1.29 is 14.7 Å². The van der Waals surface area contributed by atoms with E-state index in [2.05, 4.69) is 25.9 Å². The maximum atomic E-state index is 12.1. The molecule has 2 heterocycles. The van der Waals surface area contributed by atoms with Crippen molar-refractivity contribution in [1.29, 1.82) is 0 Å². The van der Waals surface area contributed by atoms with Gasteiger partial charge in [0.1, 0.15) is 5.70 Å². The van der Waals surface area contributed by atoms with Gasteiger partial charge in [0.2, 0.25) is 5.82 Å². The second kappa shape index (κ2) is 5.74. The molecule has 22 heavy (non-hydrogen) atoms. The van der Waals surface area contributed by atoms with Crippen LogP contribution >= 0.6 is 0 Å². The number of nitrogens with one attached hydrogen (secondary N) is 2. The summed E-state index contributed by atoms with van der Waals surface area (Å²) in [6, 6.07) is 7.07. The number of aromatic amines is 1. The number of carbonyl (C=O) groups is 2. The Morgan fingerprint density at radius 2 is 2.09 bits per heavy atom. The highest BCUT2D eigenvalue weighted by molar-refractivity contribution is 6.17. The minimum Gasteiger partial charge on any atom is -0.395 e. The van der Waals surface area contributed by atoms with Crippen LogP contribution in [-0.4, -0.2) is 55.6 Å². The van der Waals surface area contributed by atoms with E-state index in [4.69, 9.17) is 5.11 Å². The van der Waals surface area contributed by atoms with Gasteiger partial charge < -0.3 is 10.4 Å². The first-order valence-electron chi connectivity index (χ1n) is 6.49. The molecule has 0 saturated heterocycles. The lowest BCUT2D eigenvalue weighted by Gasteiger charge is -2.14. The SMILES string of the molecule is O=C1C=C(Nc2ccccc2-c2nn[nH]n2)C(=O)N1CCO. The quantitative estimate of drug-likeness (QED) is 0.637. The van der Waals surface area contributed by atoms with Crippen molar-refractivity contribution >= 4 is 17.5 Å². The van der Waals surface area contributed by atoms with Crippen LogP contribution < -0.4 is 5.32 Å². The minimum atomic E-state index is -0.484. The average Bonchev–Trinajstić information content (AvgIpc) is 3.13. The van der Waals surface area contributed by atoms with Crippen molar-refractivity contribution in [2.24, 2.45) is 0 Å². The Bertz CT molecular complexity index is 740. The third kappa shape index (κ3) is 2.44. The Balaban J connectivity index is 1.88. The number of tetrazole rings is 1. The van der Waals surface area contributed by atoms with Gasteiger partial charge >= 0.3 is 0 Å². The smallest absolute Gasteiger partial charge is 0.277 e. The number of nitrogens with zero attached hydrogens (tertiary/aromatic N) is 4. The number of hydrogen-bond donors (Lipinski definition) is 3. The summed E-state index contributed by atoms with van der Waals surface area (Å²) < 4.78 is 0. The van der Waals surface area contributed by atoms with Gasteiger partial charge in [0, 0.05) is 17.3 Å². The monoisotopic (exact) mass is 300 g/mol. The standard InChI is InChI=1S/C13H12N6O3/c20-6-5-19-11(21)7-10(13(19)22)14-9-4-2-1-3-8(9)12-15-17-18-16-12/h1-4,7,14,20H,5-6H2,(H,15,16,17,18). The molecule has 1 aromatic heterocycles. The summed E-state index contributed by atoms with van der Waals surface area (Å²) >= 11 is 0. The lowest BCUT2D eigenvalue weighted by atomic mass is 10.1. The third-order valence-corrected chi connectivity index (χ3v) is 3.12. The second-order valence-electron chi connectivity index (χ2n) is 4.48. The molecule has 3 N–H and O–H groups in total. The second-order valence-corrected chi connectivity index (χ2v) is 4.48. The van der Waals surface area contributed by atoms with Gasteiger partial charge in [-0.3, -0.25) is 14.5 Å². The van der Waals surface area contributed by atoms with E-state index in [1.165, 1.54) is 6.08 Å². The predicted molar refractivity (Wildman–Crippen MR) is 75.1 cm³/mol. The lowest BCUT2D eigenvalue weighted by molar-refractivity contribution is -0.137. The summed E-state index contributed by atoms with van der Waals surface area (Å²) in [5.74, 6) is -0.576. The van der Waals surface area contributed by atoms with E-state index in [0.29, 0.717) is 17.1 Å². The van der Waals surface area contributed by atoms with Crippen molar-refractivity contribution in [3.8, 4) is 11.4 Å². The maximum Gasteiger partial charge on any atom is 0.277 e. The van der Waals surface area contributed by atoms with Gasteiger partial charge in [-0.2, -0.15) is 5.21 Å². The highest BCUT2D eigenvalue weighted by Gasteiger charge is 2.31. The van der Waals surface area contributed by atoms with Gasteiger partial charge in [0.05, 0.1) is 13.2 Å². The molecule has 9 heteroatoms. The highest BCUT2D eigenvalue weighted by atomic mass is 16.3. The van der Waals surface area contributed by atoms with E-state index in [-0.39, 0.29) is 18.8 Å². The van der Waals surface area contributed by atoms with Crippen LogP contribution in [0.2, 0.25) is 0 Å². The predicted octanol–water partition coefficient (Wildman–Crippen LogP) is -0.476. The number of amides is 2. The molecule has 0 fully saturated rings. The Labute approximate surface area is 124 Å². The van der Waals surface area contributed by atoms with Crippen LogP contribution in [0.5, 0.6) is 0 Å². The van der Waals surface area contributed by atoms with E-state index in [1.54, 1.807) is 24.3 Å². The molecule has 1 aromatic carbocycles. The summed E-state index contributed by atoms with van der Waals surface area (Å²) in [5, 5.41) is 25.5. The zero-order valence-electron chi connectivity index (χ0n) is 11.4. The molecule has 3 rings (SSSR count). The first-order chi connectivity index (χ1) is 10.7. The molecule has 1 aliphatic heterocycles. The Morgan fingerprint density at radius 1 is 1.27 bits per heavy atom. The van der Waals surface area contributed by atoms with Crippen LogP contribution in [0.25, 0.3) is 11.4 Å². The summed E-state index contributed by atoms with van der Waals surface area (Å²) in [4.78, 5) is 24.8. The van der Waals surface area contributed by atoms with Crippen LogP contribution in [-0.2, 0) is 9.59 Å². The Kier molecular flexibility index (Phi) is 3.62. The molecule has 0 atom stereocenters. The molecule has 0 unspecified atom stereocenters. The number of rotatable bonds is 5. The van der Waals surface area contributed by atoms with Crippen molar-refractivity contribution in [3.63, 3.8) is 0 Å². The zero-order valence-corrected chi connectivity index (χ0v) is 11.4. The Hall–Kier alpha value is -3.07. The first-order valence-corrected chi connectivity index (χ1v) is 6.49. The normalized spacial score (nSPS) is 14.4. The van der Waals surface area contributed by atoms with Gasteiger partial charge in [-0.15, -0.1) is 10.2 Å². The Morgan fingerprint density at radius 3 is 2.82 bits per heavy atom. The summed E-state index contributed by atoms with van der Waals surface area (Å²) in [5.41, 5.74) is 1.34. The molecular weight excluding hydrogens is 288 g/mol. The van der Waals surface area contributed by atoms with E-state index in [9.17, 15) is 9.59 Å². The van der Waals surface area contributed by atoms with Gasteiger partial charge in [-0.05, 0) is 17.3 Å². The number of para-hydroxylation sites is 1. The first kappa shape index (κ1) is 13.9. The van der Waals surface area contributed by atoms with Gasteiger partial charge in [-0.1, -0.05) is 12.1 Å². The van der Waals surface area contributed by atoms with Crippen LogP contribution in [0.4, 0.5) is 5.69 Å². The molecular formula is C13H12N6O3. The fraction of sp³-hybridized carbons (Fsp3) is 0.154. The maximum absolute atomic E-state index is 12.1. The number of hydrogen-bond acceptors (Lipinski definition) is 7. The molecule has 0 aliphatic carbocycles.